The van der Waals surface area contributed by atoms with E-state index in [1.807, 2.05) is 0 Å². The summed E-state index contributed by atoms with van der Waals surface area (Å²) < 4.78 is 46.1. The van der Waals surface area contributed by atoms with Gasteiger partial charge in [-0.25, -0.2) is 0 Å². The number of hydrogen-bond acceptors (Lipinski definition) is 4. The van der Waals surface area contributed by atoms with Crippen LogP contribution in [0.5, 0.6) is 0 Å². The van der Waals surface area contributed by atoms with E-state index in [9.17, 15) is 27.6 Å². The summed E-state index contributed by atoms with van der Waals surface area (Å²) in [5.41, 5.74) is -4.21. The van der Waals surface area contributed by atoms with E-state index in [0.29, 0.717) is 0 Å². The number of ether oxygens (including phenoxy) is 1. The summed E-state index contributed by atoms with van der Waals surface area (Å²) in [7, 11) is 0. The number of carbonyl (C=O) groups is 3. The lowest BCUT2D eigenvalue weighted by molar-refractivity contribution is -0.216. The summed E-state index contributed by atoms with van der Waals surface area (Å²) in [6, 6.07) is 6.47. The van der Waals surface area contributed by atoms with Crippen LogP contribution in [0, 0.1) is 11.3 Å². The van der Waals surface area contributed by atoms with Crippen molar-refractivity contribution in [3.05, 3.63) is 48.6 Å². The third-order valence-electron chi connectivity index (χ3n) is 3.76. The molecule has 0 N–H and O–H groups in total. The van der Waals surface area contributed by atoms with Crippen LogP contribution in [0.1, 0.15) is 23.2 Å². The highest BCUT2D eigenvalue weighted by Crippen LogP contribution is 2.48. The van der Waals surface area contributed by atoms with Gasteiger partial charge in [0, 0.05) is 11.5 Å². The van der Waals surface area contributed by atoms with Crippen molar-refractivity contribution in [2.45, 2.75) is 19.0 Å². The van der Waals surface area contributed by atoms with Crippen LogP contribution >= 0.6 is 0 Å². The van der Waals surface area contributed by atoms with Gasteiger partial charge in [0.1, 0.15) is 6.61 Å². The van der Waals surface area contributed by atoms with Gasteiger partial charge in [0.05, 0.1) is 0 Å². The molecule has 0 aromatic heterocycles. The first-order valence-corrected chi connectivity index (χ1v) is 7.25. The molecule has 24 heavy (non-hydrogen) atoms. The van der Waals surface area contributed by atoms with Gasteiger partial charge in [-0.3, -0.25) is 14.4 Å². The highest BCUT2D eigenvalue weighted by Gasteiger charge is 2.73. The highest BCUT2D eigenvalue weighted by molar-refractivity contribution is 6.28. The second-order valence-electron chi connectivity index (χ2n) is 5.47. The molecule has 0 radical (unpaired) electrons. The van der Waals surface area contributed by atoms with Gasteiger partial charge in [0.2, 0.25) is 0 Å². The molecule has 128 valence electrons. The molecule has 0 amide bonds. The molecule has 0 saturated heterocycles. The summed E-state index contributed by atoms with van der Waals surface area (Å²) >= 11 is 0. The zero-order valence-corrected chi connectivity index (χ0v) is 12.6. The molecular formula is C17H15F3O4. The van der Waals surface area contributed by atoms with Gasteiger partial charge in [-0.15, -0.1) is 0 Å². The fourth-order valence-corrected chi connectivity index (χ4v) is 2.39. The standard InChI is InChI=1S/C17H15F3O4/c1-2-10-24-15(23)16(17(18,19)20,14(22)12-8-9-12)13(21)11-6-4-3-5-7-11/h2-7,12H,1,8-10H2. The molecule has 1 aliphatic rings. The van der Waals surface area contributed by atoms with Crippen molar-refractivity contribution in [1.29, 1.82) is 0 Å². The number of ketones is 2. The Morgan fingerprint density at radius 3 is 2.21 bits per heavy atom. The molecule has 2 rings (SSSR count). The van der Waals surface area contributed by atoms with Crippen molar-refractivity contribution in [1.82, 2.24) is 0 Å². The predicted molar refractivity (Wildman–Crippen MR) is 78.1 cm³/mol. The average Bonchev–Trinajstić information content (AvgIpc) is 3.37. The van der Waals surface area contributed by atoms with Gasteiger partial charge >= 0.3 is 12.1 Å². The van der Waals surface area contributed by atoms with Crippen molar-refractivity contribution < 1.29 is 32.3 Å². The first kappa shape index (κ1) is 17.9. The Morgan fingerprint density at radius 1 is 1.17 bits per heavy atom. The Morgan fingerprint density at radius 2 is 1.75 bits per heavy atom. The van der Waals surface area contributed by atoms with Crippen LogP contribution in [-0.2, 0) is 14.3 Å². The second-order valence-corrected chi connectivity index (χ2v) is 5.47. The van der Waals surface area contributed by atoms with E-state index in [1.165, 1.54) is 18.2 Å². The molecule has 1 atom stereocenters. The lowest BCUT2D eigenvalue weighted by Crippen LogP contribution is -2.58. The molecule has 4 nitrogen and oxygen atoms in total. The largest absolute Gasteiger partial charge is 0.460 e. The SMILES string of the molecule is C=CCOC(=O)C(C(=O)c1ccccc1)(C(=O)C1CC1)C(F)(F)F. The Balaban J connectivity index is 2.61. The van der Waals surface area contributed by atoms with Gasteiger partial charge in [-0.2, -0.15) is 13.2 Å². The summed E-state index contributed by atoms with van der Waals surface area (Å²) in [5.74, 6) is -5.92. The molecule has 1 aromatic rings. The fourth-order valence-electron chi connectivity index (χ4n) is 2.39. The maximum absolute atomic E-state index is 13.9. The molecule has 1 unspecified atom stereocenters. The third-order valence-corrected chi connectivity index (χ3v) is 3.76. The Hall–Kier alpha value is -2.44. The van der Waals surface area contributed by atoms with Crippen molar-refractivity contribution in [2.24, 2.45) is 11.3 Å². The second kappa shape index (κ2) is 6.59. The molecule has 1 aliphatic carbocycles. The van der Waals surface area contributed by atoms with E-state index >= 15 is 0 Å². The van der Waals surface area contributed by atoms with Crippen LogP contribution in [0.2, 0.25) is 0 Å². The maximum Gasteiger partial charge on any atom is 0.419 e. The van der Waals surface area contributed by atoms with E-state index in [-0.39, 0.29) is 18.4 Å². The third kappa shape index (κ3) is 2.98. The lowest BCUT2D eigenvalue weighted by Gasteiger charge is -2.30. The van der Waals surface area contributed by atoms with E-state index < -0.39 is 41.7 Å². The minimum Gasteiger partial charge on any atom is -0.460 e. The van der Waals surface area contributed by atoms with E-state index in [4.69, 9.17) is 0 Å². The maximum atomic E-state index is 13.9. The summed E-state index contributed by atoms with van der Waals surface area (Å²) in [4.78, 5) is 37.3. The summed E-state index contributed by atoms with van der Waals surface area (Å²) in [6.07, 6.45) is -3.91. The Kier molecular flexibility index (Phi) is 4.91. The van der Waals surface area contributed by atoms with Gasteiger partial charge in [0.25, 0.3) is 5.41 Å². The van der Waals surface area contributed by atoms with E-state index in [1.54, 1.807) is 0 Å². The predicted octanol–water partition coefficient (Wildman–Crippen LogP) is 3.13. The molecular weight excluding hydrogens is 325 g/mol. The molecule has 1 fully saturated rings. The molecule has 0 aliphatic heterocycles. The number of halogens is 3. The van der Waals surface area contributed by atoms with Crippen LogP contribution in [0.4, 0.5) is 13.2 Å². The van der Waals surface area contributed by atoms with Gasteiger partial charge in [-0.1, -0.05) is 43.0 Å². The average molecular weight is 340 g/mol. The van der Waals surface area contributed by atoms with Crippen LogP contribution in [0.25, 0.3) is 0 Å². The molecule has 0 bridgehead atoms. The molecule has 7 heteroatoms. The lowest BCUT2D eigenvalue weighted by atomic mass is 9.74. The minimum atomic E-state index is -5.40. The summed E-state index contributed by atoms with van der Waals surface area (Å²) in [6.45, 7) is 2.71. The van der Waals surface area contributed by atoms with Crippen molar-refractivity contribution in [3.63, 3.8) is 0 Å². The number of benzene rings is 1. The number of alkyl halides is 3. The topological polar surface area (TPSA) is 60.4 Å². The number of hydrogen-bond donors (Lipinski definition) is 0. The summed E-state index contributed by atoms with van der Waals surface area (Å²) in [5, 5.41) is 0. The van der Waals surface area contributed by atoms with Gasteiger partial charge in [0.15, 0.2) is 11.6 Å². The smallest absolute Gasteiger partial charge is 0.419 e. The van der Waals surface area contributed by atoms with Crippen molar-refractivity contribution >= 4 is 17.5 Å². The normalized spacial score (nSPS) is 16.8. The molecule has 0 heterocycles. The van der Waals surface area contributed by atoms with Crippen LogP contribution in [0.3, 0.4) is 0 Å². The van der Waals surface area contributed by atoms with E-state index in [2.05, 4.69) is 11.3 Å². The number of Topliss-reactive ketones (excluding diaryl/α,β-unsaturated/α-hetero) is 2. The van der Waals surface area contributed by atoms with Crippen LogP contribution in [-0.4, -0.2) is 30.3 Å². The van der Waals surface area contributed by atoms with Crippen LogP contribution in [0.15, 0.2) is 43.0 Å². The quantitative estimate of drug-likeness (QED) is 0.331. The first-order chi connectivity index (χ1) is 11.3. The fraction of sp³-hybridized carbons (Fsp3) is 0.353. The van der Waals surface area contributed by atoms with Crippen molar-refractivity contribution in [2.75, 3.05) is 6.61 Å². The minimum absolute atomic E-state index is 0.216. The first-order valence-electron chi connectivity index (χ1n) is 7.25. The molecule has 1 saturated carbocycles. The number of esters is 1. The monoisotopic (exact) mass is 340 g/mol. The Bertz CT molecular complexity index is 662. The van der Waals surface area contributed by atoms with Gasteiger partial charge in [-0.05, 0) is 12.8 Å². The van der Waals surface area contributed by atoms with Crippen LogP contribution < -0.4 is 0 Å². The van der Waals surface area contributed by atoms with Gasteiger partial charge < -0.3 is 4.74 Å². The zero-order valence-electron chi connectivity index (χ0n) is 12.6. The molecule has 0 spiro atoms. The highest BCUT2D eigenvalue weighted by atomic mass is 19.4. The Labute approximate surface area is 136 Å². The van der Waals surface area contributed by atoms with E-state index in [0.717, 1.165) is 18.2 Å². The molecule has 1 aromatic carbocycles. The zero-order chi connectivity index (χ0) is 18.0. The number of rotatable bonds is 7. The van der Waals surface area contributed by atoms with Crippen molar-refractivity contribution in [3.8, 4) is 0 Å². The number of carbonyl (C=O) groups excluding carboxylic acids is 3.